The molecule has 2 nitrogen and oxygen atoms in total. The molecule has 0 bridgehead atoms. The Morgan fingerprint density at radius 2 is 1.75 bits per heavy atom. The van der Waals surface area contributed by atoms with E-state index >= 15 is 0 Å². The van der Waals surface area contributed by atoms with E-state index < -0.39 is 0 Å². The molecule has 1 heterocycles. The van der Waals surface area contributed by atoms with Gasteiger partial charge in [0.15, 0.2) is 0 Å². The third-order valence-electron chi connectivity index (χ3n) is 2.52. The van der Waals surface area contributed by atoms with Crippen molar-refractivity contribution in [3.05, 3.63) is 53.3 Å². The molecule has 2 rings (SSSR count). The number of hydrogen-bond acceptors (Lipinski definition) is 2. The summed E-state index contributed by atoms with van der Waals surface area (Å²) in [6, 6.07) is 12.1. The largest absolute Gasteiger partial charge is 0.344 e. The molecule has 16 heavy (non-hydrogen) atoms. The van der Waals surface area contributed by atoms with Gasteiger partial charge in [-0.05, 0) is 31.2 Å². The lowest BCUT2D eigenvalue weighted by Crippen LogP contribution is -2.09. The number of hydrogen-bond donors (Lipinski definition) is 0. The second-order valence-electron chi connectivity index (χ2n) is 3.73. The lowest BCUT2D eigenvalue weighted by molar-refractivity contribution is 1.18. The Balaban J connectivity index is 2.31. The molecule has 82 valence electrons. The fourth-order valence-electron chi connectivity index (χ4n) is 1.52. The van der Waals surface area contributed by atoms with E-state index in [1.54, 1.807) is 6.20 Å². The molecule has 0 unspecified atom stereocenters. The van der Waals surface area contributed by atoms with E-state index in [-0.39, 0.29) is 0 Å². The van der Waals surface area contributed by atoms with Crippen molar-refractivity contribution in [2.24, 2.45) is 0 Å². The zero-order chi connectivity index (χ0) is 11.5. The third-order valence-corrected chi connectivity index (χ3v) is 2.73. The molecule has 0 atom stereocenters. The van der Waals surface area contributed by atoms with Gasteiger partial charge in [-0.25, -0.2) is 4.98 Å². The van der Waals surface area contributed by atoms with Crippen molar-refractivity contribution in [2.45, 2.75) is 6.92 Å². The number of aromatic nitrogens is 1. The van der Waals surface area contributed by atoms with Crippen LogP contribution < -0.4 is 4.90 Å². The van der Waals surface area contributed by atoms with Gasteiger partial charge in [-0.1, -0.05) is 29.3 Å². The average Bonchev–Trinajstić information content (AvgIpc) is 2.29. The Morgan fingerprint density at radius 3 is 2.38 bits per heavy atom. The Kier molecular flexibility index (Phi) is 3.11. The first-order chi connectivity index (χ1) is 7.66. The number of halogens is 1. The van der Waals surface area contributed by atoms with E-state index in [9.17, 15) is 0 Å². The Labute approximate surface area is 101 Å². The van der Waals surface area contributed by atoms with Crippen molar-refractivity contribution in [3.8, 4) is 0 Å². The van der Waals surface area contributed by atoms with E-state index in [2.05, 4.69) is 41.1 Å². The van der Waals surface area contributed by atoms with Crippen LogP contribution in [0.15, 0.2) is 42.6 Å². The number of benzene rings is 1. The molecule has 0 aliphatic heterocycles. The number of anilines is 2. The van der Waals surface area contributed by atoms with Gasteiger partial charge in [0.05, 0.1) is 0 Å². The second-order valence-corrected chi connectivity index (χ2v) is 4.12. The highest BCUT2D eigenvalue weighted by atomic mass is 35.5. The Hall–Kier alpha value is -1.54. The normalized spacial score (nSPS) is 10.2. The van der Waals surface area contributed by atoms with Gasteiger partial charge in [0.1, 0.15) is 5.15 Å². The van der Waals surface area contributed by atoms with Gasteiger partial charge in [-0.3, -0.25) is 0 Å². The summed E-state index contributed by atoms with van der Waals surface area (Å²) in [5, 5.41) is 0.511. The van der Waals surface area contributed by atoms with Crippen LogP contribution in [0.25, 0.3) is 0 Å². The van der Waals surface area contributed by atoms with Crippen molar-refractivity contribution in [1.82, 2.24) is 4.98 Å². The minimum absolute atomic E-state index is 0.511. The topological polar surface area (TPSA) is 16.1 Å². The van der Waals surface area contributed by atoms with E-state index in [1.807, 2.05) is 19.2 Å². The molecule has 0 spiro atoms. The SMILES string of the molecule is Cc1ccc(N(C)c2ccnc(Cl)c2)cc1. The van der Waals surface area contributed by atoms with Gasteiger partial charge in [0, 0.05) is 24.6 Å². The molecule has 0 aliphatic rings. The highest BCUT2D eigenvalue weighted by Gasteiger charge is 2.03. The van der Waals surface area contributed by atoms with Gasteiger partial charge in [-0.15, -0.1) is 0 Å². The molecule has 0 N–H and O–H groups in total. The number of pyridine rings is 1. The molecule has 0 saturated heterocycles. The summed E-state index contributed by atoms with van der Waals surface area (Å²) in [5.74, 6) is 0. The van der Waals surface area contributed by atoms with Crippen molar-refractivity contribution >= 4 is 23.0 Å². The van der Waals surface area contributed by atoms with Crippen LogP contribution in [0.2, 0.25) is 5.15 Å². The fourth-order valence-corrected chi connectivity index (χ4v) is 1.69. The maximum Gasteiger partial charge on any atom is 0.131 e. The van der Waals surface area contributed by atoms with Crippen LogP contribution in [0, 0.1) is 6.92 Å². The fraction of sp³-hybridized carbons (Fsp3) is 0.154. The zero-order valence-electron chi connectivity index (χ0n) is 9.31. The van der Waals surface area contributed by atoms with Crippen LogP contribution in [-0.2, 0) is 0 Å². The van der Waals surface area contributed by atoms with E-state index in [0.29, 0.717) is 5.15 Å². The van der Waals surface area contributed by atoms with Crippen molar-refractivity contribution < 1.29 is 0 Å². The first kappa shape index (κ1) is 11.0. The molecule has 0 aliphatic carbocycles. The standard InChI is InChI=1S/C13H13ClN2/c1-10-3-5-11(6-4-10)16(2)12-7-8-15-13(14)9-12/h3-9H,1-2H3. The highest BCUT2D eigenvalue weighted by Crippen LogP contribution is 2.24. The van der Waals surface area contributed by atoms with Gasteiger partial charge in [0.2, 0.25) is 0 Å². The van der Waals surface area contributed by atoms with Crippen LogP contribution >= 0.6 is 11.6 Å². The maximum absolute atomic E-state index is 5.86. The predicted octanol–water partition coefficient (Wildman–Crippen LogP) is 3.81. The van der Waals surface area contributed by atoms with Crippen LogP contribution in [0.5, 0.6) is 0 Å². The molecule has 1 aromatic carbocycles. The quantitative estimate of drug-likeness (QED) is 0.732. The second kappa shape index (κ2) is 4.54. The Bertz CT molecular complexity index is 480. The summed E-state index contributed by atoms with van der Waals surface area (Å²) in [4.78, 5) is 6.05. The lowest BCUT2D eigenvalue weighted by Gasteiger charge is -2.19. The lowest BCUT2D eigenvalue weighted by atomic mass is 10.2. The van der Waals surface area contributed by atoms with Gasteiger partial charge in [-0.2, -0.15) is 0 Å². The molecule has 0 amide bonds. The molecular weight excluding hydrogens is 220 g/mol. The number of rotatable bonds is 2. The van der Waals surface area contributed by atoms with E-state index in [4.69, 9.17) is 11.6 Å². The summed E-state index contributed by atoms with van der Waals surface area (Å²) < 4.78 is 0. The first-order valence-corrected chi connectivity index (χ1v) is 5.46. The summed E-state index contributed by atoms with van der Waals surface area (Å²) in [5.41, 5.74) is 3.42. The molecule has 2 aromatic rings. The average molecular weight is 233 g/mol. The summed E-state index contributed by atoms with van der Waals surface area (Å²) in [6.07, 6.45) is 1.71. The molecule has 3 heteroatoms. The molecule has 0 radical (unpaired) electrons. The van der Waals surface area contributed by atoms with Crippen molar-refractivity contribution in [2.75, 3.05) is 11.9 Å². The van der Waals surface area contributed by atoms with Gasteiger partial charge >= 0.3 is 0 Å². The summed E-state index contributed by atoms with van der Waals surface area (Å²) in [7, 11) is 2.01. The third kappa shape index (κ3) is 2.34. The highest BCUT2D eigenvalue weighted by molar-refractivity contribution is 6.29. The van der Waals surface area contributed by atoms with Crippen LogP contribution in [0.1, 0.15) is 5.56 Å². The molecule has 1 aromatic heterocycles. The number of nitrogens with zero attached hydrogens (tertiary/aromatic N) is 2. The van der Waals surface area contributed by atoms with Crippen LogP contribution in [0.4, 0.5) is 11.4 Å². The van der Waals surface area contributed by atoms with Crippen molar-refractivity contribution in [1.29, 1.82) is 0 Å². The van der Waals surface area contributed by atoms with Crippen LogP contribution in [-0.4, -0.2) is 12.0 Å². The van der Waals surface area contributed by atoms with Crippen molar-refractivity contribution in [3.63, 3.8) is 0 Å². The van der Waals surface area contributed by atoms with E-state index in [1.165, 1.54) is 5.56 Å². The molecule has 0 saturated carbocycles. The monoisotopic (exact) mass is 232 g/mol. The summed E-state index contributed by atoms with van der Waals surface area (Å²) >= 11 is 5.86. The van der Waals surface area contributed by atoms with Gasteiger partial charge in [0.25, 0.3) is 0 Å². The number of aryl methyl sites for hydroxylation is 1. The zero-order valence-corrected chi connectivity index (χ0v) is 10.1. The molecular formula is C13H13ClN2. The van der Waals surface area contributed by atoms with Crippen LogP contribution in [0.3, 0.4) is 0 Å². The maximum atomic E-state index is 5.86. The Morgan fingerprint density at radius 1 is 1.06 bits per heavy atom. The minimum Gasteiger partial charge on any atom is -0.344 e. The first-order valence-electron chi connectivity index (χ1n) is 5.09. The van der Waals surface area contributed by atoms with Gasteiger partial charge < -0.3 is 4.90 Å². The predicted molar refractivity (Wildman–Crippen MR) is 68.5 cm³/mol. The molecule has 0 fully saturated rings. The smallest absolute Gasteiger partial charge is 0.131 e. The summed E-state index contributed by atoms with van der Waals surface area (Å²) in [6.45, 7) is 2.08. The van der Waals surface area contributed by atoms with E-state index in [0.717, 1.165) is 11.4 Å². The minimum atomic E-state index is 0.511.